The van der Waals surface area contributed by atoms with Crippen molar-refractivity contribution in [3.63, 3.8) is 0 Å². The van der Waals surface area contributed by atoms with Crippen LogP contribution in [0.25, 0.3) is 0 Å². The molecular weight excluding hydrogens is 292 g/mol. The molecule has 0 radical (unpaired) electrons. The molecule has 2 unspecified atom stereocenters. The second-order valence-electron chi connectivity index (χ2n) is 6.21. The van der Waals surface area contributed by atoms with Crippen molar-refractivity contribution in [2.24, 2.45) is 5.92 Å². The van der Waals surface area contributed by atoms with Gasteiger partial charge in [0, 0.05) is 43.3 Å². The fourth-order valence-corrected chi connectivity index (χ4v) is 3.03. The molecule has 0 aromatic heterocycles. The number of hydrogen-bond donors (Lipinski definition) is 2. The number of carbonyl (C=O) groups excluding carboxylic acids is 2. The summed E-state index contributed by atoms with van der Waals surface area (Å²) in [6, 6.07) is 6.83. The van der Waals surface area contributed by atoms with Gasteiger partial charge in [0.05, 0.1) is 0 Å². The number of nitrogens with zero attached hydrogens (tertiary/aromatic N) is 1. The van der Waals surface area contributed by atoms with Crippen LogP contribution in [0, 0.1) is 5.92 Å². The van der Waals surface area contributed by atoms with Gasteiger partial charge < -0.3 is 15.3 Å². The largest absolute Gasteiger partial charge is 0.396 e. The molecule has 2 amide bonds. The monoisotopic (exact) mass is 318 g/mol. The predicted octanol–water partition coefficient (Wildman–Crippen LogP) is 2.06. The lowest BCUT2D eigenvalue weighted by Gasteiger charge is -2.30. The first-order valence-electron chi connectivity index (χ1n) is 8.34. The number of nitrogens with one attached hydrogen (secondary N) is 1. The normalized spacial score (nSPS) is 20.8. The number of carbonyl (C=O) groups is 2. The van der Waals surface area contributed by atoms with Gasteiger partial charge in [-0.2, -0.15) is 0 Å². The van der Waals surface area contributed by atoms with Crippen LogP contribution in [-0.4, -0.2) is 48.1 Å². The lowest BCUT2D eigenvalue weighted by Crippen LogP contribution is -2.43. The van der Waals surface area contributed by atoms with E-state index in [9.17, 15) is 14.7 Å². The Labute approximate surface area is 137 Å². The Balaban J connectivity index is 2.09. The highest BCUT2D eigenvalue weighted by Gasteiger charge is 2.26. The lowest BCUT2D eigenvalue weighted by molar-refractivity contribution is 0.0802. The summed E-state index contributed by atoms with van der Waals surface area (Å²) in [5.41, 5.74) is 1.01. The SMILES string of the molecule is CCN(C)C(=O)c1cccc(C(=O)NC2CCCCC2CO)c1. The van der Waals surface area contributed by atoms with Gasteiger partial charge in [-0.15, -0.1) is 0 Å². The van der Waals surface area contributed by atoms with E-state index >= 15 is 0 Å². The van der Waals surface area contributed by atoms with E-state index in [1.807, 2.05) is 6.92 Å². The average molecular weight is 318 g/mol. The van der Waals surface area contributed by atoms with E-state index in [4.69, 9.17) is 0 Å². The van der Waals surface area contributed by atoms with Gasteiger partial charge in [-0.25, -0.2) is 0 Å². The summed E-state index contributed by atoms with van der Waals surface area (Å²) >= 11 is 0. The molecule has 1 aliphatic carbocycles. The maximum absolute atomic E-state index is 12.5. The van der Waals surface area contributed by atoms with E-state index in [-0.39, 0.29) is 30.4 Å². The molecule has 126 valence electrons. The van der Waals surface area contributed by atoms with Crippen LogP contribution in [0.2, 0.25) is 0 Å². The van der Waals surface area contributed by atoms with E-state index in [1.165, 1.54) is 0 Å². The molecule has 2 rings (SSSR count). The molecule has 2 atom stereocenters. The molecule has 5 nitrogen and oxygen atoms in total. The molecule has 0 saturated heterocycles. The van der Waals surface area contributed by atoms with Crippen molar-refractivity contribution in [3.8, 4) is 0 Å². The molecule has 5 heteroatoms. The Bertz CT molecular complexity index is 559. The second kappa shape index (κ2) is 8.11. The molecule has 1 aromatic rings. The topological polar surface area (TPSA) is 69.6 Å². The first-order valence-corrected chi connectivity index (χ1v) is 8.34. The fraction of sp³-hybridized carbons (Fsp3) is 0.556. The van der Waals surface area contributed by atoms with Gasteiger partial charge in [-0.3, -0.25) is 9.59 Å². The fourth-order valence-electron chi connectivity index (χ4n) is 3.03. The molecule has 0 bridgehead atoms. The summed E-state index contributed by atoms with van der Waals surface area (Å²) in [7, 11) is 1.74. The van der Waals surface area contributed by atoms with Crippen LogP contribution in [0.5, 0.6) is 0 Å². The van der Waals surface area contributed by atoms with Gasteiger partial charge in [-0.05, 0) is 38.0 Å². The van der Waals surface area contributed by atoms with E-state index < -0.39 is 0 Å². The second-order valence-corrected chi connectivity index (χ2v) is 6.21. The van der Waals surface area contributed by atoms with Crippen LogP contribution in [0.3, 0.4) is 0 Å². The molecule has 0 spiro atoms. The first kappa shape index (κ1) is 17.5. The van der Waals surface area contributed by atoms with Crippen molar-refractivity contribution in [2.75, 3.05) is 20.2 Å². The maximum Gasteiger partial charge on any atom is 0.253 e. The highest BCUT2D eigenvalue weighted by Crippen LogP contribution is 2.24. The quantitative estimate of drug-likeness (QED) is 0.873. The van der Waals surface area contributed by atoms with Crippen LogP contribution < -0.4 is 5.32 Å². The smallest absolute Gasteiger partial charge is 0.253 e. The minimum absolute atomic E-state index is 0.0129. The minimum atomic E-state index is -0.177. The zero-order valence-corrected chi connectivity index (χ0v) is 13.9. The summed E-state index contributed by atoms with van der Waals surface area (Å²) in [5, 5.41) is 12.5. The van der Waals surface area contributed by atoms with Gasteiger partial charge in [0.25, 0.3) is 11.8 Å². The van der Waals surface area contributed by atoms with Gasteiger partial charge in [0.1, 0.15) is 0 Å². The third kappa shape index (κ3) is 4.32. The van der Waals surface area contributed by atoms with Crippen molar-refractivity contribution >= 4 is 11.8 Å². The summed E-state index contributed by atoms with van der Waals surface area (Å²) in [6.45, 7) is 2.63. The van der Waals surface area contributed by atoms with E-state index in [0.29, 0.717) is 17.7 Å². The van der Waals surface area contributed by atoms with Crippen molar-refractivity contribution in [2.45, 2.75) is 38.6 Å². The van der Waals surface area contributed by atoms with Crippen LogP contribution >= 0.6 is 0 Å². The van der Waals surface area contributed by atoms with Crippen molar-refractivity contribution in [3.05, 3.63) is 35.4 Å². The summed E-state index contributed by atoms with van der Waals surface area (Å²) in [5.74, 6) is -0.138. The third-order valence-corrected chi connectivity index (χ3v) is 4.65. The molecule has 1 fully saturated rings. The first-order chi connectivity index (χ1) is 11.1. The number of aliphatic hydroxyl groups excluding tert-OH is 1. The van der Waals surface area contributed by atoms with E-state index in [0.717, 1.165) is 25.7 Å². The predicted molar refractivity (Wildman–Crippen MR) is 89.4 cm³/mol. The molecule has 1 aliphatic rings. The van der Waals surface area contributed by atoms with Crippen LogP contribution in [0.15, 0.2) is 24.3 Å². The third-order valence-electron chi connectivity index (χ3n) is 4.65. The van der Waals surface area contributed by atoms with Crippen molar-refractivity contribution < 1.29 is 14.7 Å². The average Bonchev–Trinajstić information content (AvgIpc) is 2.60. The number of benzene rings is 1. The Morgan fingerprint density at radius 2 is 1.96 bits per heavy atom. The van der Waals surface area contributed by atoms with Gasteiger partial charge in [-0.1, -0.05) is 18.9 Å². The number of aliphatic hydroxyl groups is 1. The number of rotatable bonds is 5. The molecule has 0 heterocycles. The summed E-state index contributed by atoms with van der Waals surface area (Å²) < 4.78 is 0. The zero-order chi connectivity index (χ0) is 16.8. The molecule has 1 saturated carbocycles. The Morgan fingerprint density at radius 1 is 1.26 bits per heavy atom. The van der Waals surface area contributed by atoms with Gasteiger partial charge in [0.15, 0.2) is 0 Å². The Morgan fingerprint density at radius 3 is 2.65 bits per heavy atom. The van der Waals surface area contributed by atoms with Crippen molar-refractivity contribution in [1.82, 2.24) is 10.2 Å². The van der Waals surface area contributed by atoms with Crippen LogP contribution in [0.1, 0.15) is 53.3 Å². The number of amides is 2. The standard InChI is InChI=1S/C18H26N2O3/c1-3-20(2)18(23)14-9-6-8-13(11-14)17(22)19-16-10-5-4-7-15(16)12-21/h6,8-9,11,15-16,21H,3-5,7,10,12H2,1-2H3,(H,19,22). The van der Waals surface area contributed by atoms with E-state index in [2.05, 4.69) is 5.32 Å². The summed E-state index contributed by atoms with van der Waals surface area (Å²) in [6.07, 6.45) is 4.02. The Kier molecular flexibility index (Phi) is 6.16. The van der Waals surface area contributed by atoms with Gasteiger partial charge in [0.2, 0.25) is 0 Å². The molecule has 23 heavy (non-hydrogen) atoms. The Hall–Kier alpha value is -1.88. The van der Waals surface area contributed by atoms with Crippen LogP contribution in [-0.2, 0) is 0 Å². The number of hydrogen-bond acceptors (Lipinski definition) is 3. The van der Waals surface area contributed by atoms with Gasteiger partial charge >= 0.3 is 0 Å². The van der Waals surface area contributed by atoms with E-state index in [1.54, 1.807) is 36.2 Å². The maximum atomic E-state index is 12.5. The highest BCUT2D eigenvalue weighted by molar-refractivity contribution is 5.99. The van der Waals surface area contributed by atoms with Crippen LogP contribution in [0.4, 0.5) is 0 Å². The highest BCUT2D eigenvalue weighted by atomic mass is 16.3. The molecule has 2 N–H and O–H groups in total. The van der Waals surface area contributed by atoms with Crippen molar-refractivity contribution in [1.29, 1.82) is 0 Å². The molecule has 1 aromatic carbocycles. The zero-order valence-electron chi connectivity index (χ0n) is 13.9. The molecule has 0 aliphatic heterocycles. The minimum Gasteiger partial charge on any atom is -0.396 e. The molecular formula is C18H26N2O3. The summed E-state index contributed by atoms with van der Waals surface area (Å²) in [4.78, 5) is 26.3. The lowest BCUT2D eigenvalue weighted by atomic mass is 9.85.